The molecule has 3 aromatic rings. The number of rotatable bonds is 4. The predicted octanol–water partition coefficient (Wildman–Crippen LogP) is 5.65. The van der Waals surface area contributed by atoms with Crippen molar-refractivity contribution in [1.82, 2.24) is 9.55 Å². The zero-order valence-electron chi connectivity index (χ0n) is 14.6. The average Bonchev–Trinajstić information content (AvgIpc) is 3.08. The topological polar surface area (TPSA) is 64.0 Å². The van der Waals surface area contributed by atoms with Gasteiger partial charge in [-0.05, 0) is 31.0 Å². The van der Waals surface area contributed by atoms with Gasteiger partial charge in [0, 0.05) is 24.7 Å². The average molecular weight is 457 g/mol. The van der Waals surface area contributed by atoms with Crippen LogP contribution in [-0.2, 0) is 23.0 Å². The monoisotopic (exact) mass is 455 g/mol. The Labute approximate surface area is 178 Å². The molecule has 0 saturated heterocycles. The molecule has 0 aliphatic carbocycles. The Hall–Kier alpha value is -1.73. The number of benzene rings is 2. The molecule has 146 valence electrons. The lowest BCUT2D eigenvalue weighted by Gasteiger charge is -2.13. The summed E-state index contributed by atoms with van der Waals surface area (Å²) >= 11 is 18.0. The van der Waals surface area contributed by atoms with Crippen molar-refractivity contribution in [3.63, 3.8) is 0 Å². The van der Waals surface area contributed by atoms with Crippen molar-refractivity contribution in [2.75, 3.05) is 4.72 Å². The van der Waals surface area contributed by atoms with E-state index in [2.05, 4.69) is 9.29 Å². The maximum absolute atomic E-state index is 12.9. The Morgan fingerprint density at radius 1 is 1.00 bits per heavy atom. The standard InChI is InChI=1S/C19H16Cl3N3O2S/c20-13-9-15(22)18(10-14(13)21)28(26,27)24-16-6-2-1-5-12(16)17-11-25-8-4-3-7-19(25)23-17/h1-2,5-6,9-11,24H,3-4,7-8H2. The quantitative estimate of drug-likeness (QED) is 0.516. The van der Waals surface area contributed by atoms with Gasteiger partial charge in [0.2, 0.25) is 0 Å². The molecule has 4 rings (SSSR count). The smallest absolute Gasteiger partial charge is 0.263 e. The van der Waals surface area contributed by atoms with Crippen molar-refractivity contribution in [3.05, 3.63) is 63.5 Å². The van der Waals surface area contributed by atoms with Crippen LogP contribution in [0.1, 0.15) is 18.7 Å². The molecule has 0 bridgehead atoms. The number of aromatic nitrogens is 2. The van der Waals surface area contributed by atoms with Crippen LogP contribution in [0.15, 0.2) is 47.5 Å². The summed E-state index contributed by atoms with van der Waals surface area (Å²) in [5.74, 6) is 1.02. The highest BCUT2D eigenvalue weighted by Gasteiger charge is 2.22. The number of sulfonamides is 1. The fourth-order valence-corrected chi connectivity index (χ4v) is 5.33. The lowest BCUT2D eigenvalue weighted by Crippen LogP contribution is -2.14. The van der Waals surface area contributed by atoms with Gasteiger partial charge in [-0.3, -0.25) is 4.72 Å². The molecular weight excluding hydrogens is 441 g/mol. The molecule has 0 amide bonds. The van der Waals surface area contributed by atoms with E-state index >= 15 is 0 Å². The molecule has 0 unspecified atom stereocenters. The molecule has 2 aromatic carbocycles. The summed E-state index contributed by atoms with van der Waals surface area (Å²) in [5, 5.41) is 0.299. The van der Waals surface area contributed by atoms with Crippen LogP contribution in [0.5, 0.6) is 0 Å². The van der Waals surface area contributed by atoms with Crippen LogP contribution in [0.3, 0.4) is 0 Å². The first-order valence-corrected chi connectivity index (χ1v) is 11.3. The molecule has 1 N–H and O–H groups in total. The number of para-hydroxylation sites is 1. The van der Waals surface area contributed by atoms with Crippen LogP contribution in [0.25, 0.3) is 11.3 Å². The normalized spacial score (nSPS) is 14.0. The number of imidazole rings is 1. The number of hydrogen-bond acceptors (Lipinski definition) is 3. The van der Waals surface area contributed by atoms with Gasteiger partial charge in [-0.1, -0.05) is 53.0 Å². The first-order valence-electron chi connectivity index (χ1n) is 8.68. The fourth-order valence-electron chi connectivity index (χ4n) is 3.25. The van der Waals surface area contributed by atoms with E-state index in [1.807, 2.05) is 18.3 Å². The SMILES string of the molecule is O=S(=O)(Nc1ccccc1-c1cn2c(n1)CCCC2)c1cc(Cl)c(Cl)cc1Cl. The van der Waals surface area contributed by atoms with E-state index in [1.54, 1.807) is 12.1 Å². The molecule has 28 heavy (non-hydrogen) atoms. The lowest BCUT2D eigenvalue weighted by atomic mass is 10.1. The van der Waals surface area contributed by atoms with Gasteiger partial charge in [-0.15, -0.1) is 0 Å². The van der Waals surface area contributed by atoms with Crippen LogP contribution >= 0.6 is 34.8 Å². The van der Waals surface area contributed by atoms with E-state index in [4.69, 9.17) is 39.8 Å². The summed E-state index contributed by atoms with van der Waals surface area (Å²) in [6.07, 6.45) is 5.12. The zero-order valence-corrected chi connectivity index (χ0v) is 17.7. The van der Waals surface area contributed by atoms with Gasteiger partial charge >= 0.3 is 0 Å². The first kappa shape index (κ1) is 19.6. The number of anilines is 1. The second kappa shape index (κ2) is 7.59. The number of hydrogen-bond donors (Lipinski definition) is 1. The molecule has 1 aliphatic rings. The van der Waals surface area contributed by atoms with Crippen molar-refractivity contribution < 1.29 is 8.42 Å². The number of nitrogens with one attached hydrogen (secondary N) is 1. The van der Waals surface area contributed by atoms with Gasteiger partial charge in [-0.25, -0.2) is 13.4 Å². The third-order valence-corrected chi connectivity index (χ3v) is 7.17. The molecule has 9 heteroatoms. The Morgan fingerprint density at radius 3 is 2.54 bits per heavy atom. The molecular formula is C19H16Cl3N3O2S. The molecule has 0 atom stereocenters. The largest absolute Gasteiger partial charge is 0.334 e. The van der Waals surface area contributed by atoms with Crippen LogP contribution in [0, 0.1) is 0 Å². The number of halogens is 3. The second-order valence-electron chi connectivity index (χ2n) is 6.54. The molecule has 0 saturated carbocycles. The van der Waals surface area contributed by atoms with Gasteiger partial charge in [0.05, 0.1) is 26.4 Å². The number of fused-ring (bicyclic) bond motifs is 1. The molecule has 2 heterocycles. The zero-order chi connectivity index (χ0) is 19.9. The molecule has 1 aliphatic heterocycles. The van der Waals surface area contributed by atoms with Crippen molar-refractivity contribution in [3.8, 4) is 11.3 Å². The van der Waals surface area contributed by atoms with E-state index < -0.39 is 10.0 Å². The summed E-state index contributed by atoms with van der Waals surface area (Å²) in [6.45, 7) is 0.926. The van der Waals surface area contributed by atoms with Crippen molar-refractivity contribution in [2.45, 2.75) is 30.7 Å². The second-order valence-corrected chi connectivity index (χ2v) is 9.41. The molecule has 1 aromatic heterocycles. The van der Waals surface area contributed by atoms with Gasteiger partial charge in [0.1, 0.15) is 10.7 Å². The van der Waals surface area contributed by atoms with E-state index in [9.17, 15) is 8.42 Å². The Bertz CT molecular complexity index is 1140. The maximum Gasteiger partial charge on any atom is 0.263 e. The molecule has 0 radical (unpaired) electrons. The summed E-state index contributed by atoms with van der Waals surface area (Å²) in [6, 6.07) is 9.69. The van der Waals surface area contributed by atoms with E-state index in [1.165, 1.54) is 12.1 Å². The van der Waals surface area contributed by atoms with Crippen LogP contribution in [0.2, 0.25) is 15.1 Å². The first-order chi connectivity index (χ1) is 13.3. The Balaban J connectivity index is 1.73. The predicted molar refractivity (Wildman–Crippen MR) is 113 cm³/mol. The summed E-state index contributed by atoms with van der Waals surface area (Å²) in [7, 11) is -3.98. The Morgan fingerprint density at radius 2 is 1.75 bits per heavy atom. The molecule has 5 nitrogen and oxygen atoms in total. The van der Waals surface area contributed by atoms with E-state index in [0.29, 0.717) is 11.3 Å². The van der Waals surface area contributed by atoms with Crippen LogP contribution in [-0.4, -0.2) is 18.0 Å². The Kier molecular flexibility index (Phi) is 5.31. The van der Waals surface area contributed by atoms with Crippen molar-refractivity contribution in [1.29, 1.82) is 0 Å². The van der Waals surface area contributed by atoms with E-state index in [0.717, 1.165) is 37.3 Å². The minimum Gasteiger partial charge on any atom is -0.334 e. The number of aryl methyl sites for hydroxylation is 2. The third kappa shape index (κ3) is 3.74. The molecule has 0 spiro atoms. The highest BCUT2D eigenvalue weighted by molar-refractivity contribution is 7.92. The molecule has 0 fully saturated rings. The van der Waals surface area contributed by atoms with Crippen molar-refractivity contribution in [2.24, 2.45) is 0 Å². The highest BCUT2D eigenvalue weighted by atomic mass is 35.5. The third-order valence-electron chi connectivity index (χ3n) is 4.62. The lowest BCUT2D eigenvalue weighted by molar-refractivity contribution is 0.522. The minimum absolute atomic E-state index is 0.00293. The van der Waals surface area contributed by atoms with Crippen LogP contribution < -0.4 is 4.72 Å². The summed E-state index contributed by atoms with van der Waals surface area (Å²) < 4.78 is 30.6. The van der Waals surface area contributed by atoms with Crippen LogP contribution in [0.4, 0.5) is 5.69 Å². The maximum atomic E-state index is 12.9. The highest BCUT2D eigenvalue weighted by Crippen LogP contribution is 2.34. The summed E-state index contributed by atoms with van der Waals surface area (Å²) in [5.41, 5.74) is 1.85. The van der Waals surface area contributed by atoms with Gasteiger partial charge in [-0.2, -0.15) is 0 Å². The summed E-state index contributed by atoms with van der Waals surface area (Å²) in [4.78, 5) is 4.55. The fraction of sp³-hybridized carbons (Fsp3) is 0.211. The van der Waals surface area contributed by atoms with E-state index in [-0.39, 0.29) is 20.0 Å². The van der Waals surface area contributed by atoms with Gasteiger partial charge in [0.15, 0.2) is 0 Å². The van der Waals surface area contributed by atoms with Gasteiger partial charge in [0.25, 0.3) is 10.0 Å². The number of nitrogens with zero attached hydrogens (tertiary/aromatic N) is 2. The van der Waals surface area contributed by atoms with Gasteiger partial charge < -0.3 is 4.57 Å². The minimum atomic E-state index is -3.98. The van der Waals surface area contributed by atoms with Crippen molar-refractivity contribution >= 4 is 50.5 Å².